The largest absolute Gasteiger partial charge is 0.346 e. The molecule has 0 bridgehead atoms. The van der Waals surface area contributed by atoms with E-state index in [4.69, 9.17) is 11.6 Å². The molecule has 0 spiro atoms. The van der Waals surface area contributed by atoms with E-state index >= 15 is 0 Å². The van der Waals surface area contributed by atoms with Crippen LogP contribution in [0.3, 0.4) is 0 Å². The van der Waals surface area contributed by atoms with Crippen LogP contribution < -0.4 is 5.32 Å². The Morgan fingerprint density at radius 2 is 2.10 bits per heavy atom. The zero-order chi connectivity index (χ0) is 13.9. The van der Waals surface area contributed by atoms with Crippen LogP contribution in [-0.4, -0.2) is 17.2 Å². The first kappa shape index (κ1) is 14.0. The summed E-state index contributed by atoms with van der Waals surface area (Å²) in [5.74, 6) is 0.819. The molecule has 1 aliphatic carbocycles. The molecule has 0 amide bonds. The van der Waals surface area contributed by atoms with Gasteiger partial charge < -0.3 is 9.88 Å². The fourth-order valence-electron chi connectivity index (χ4n) is 3.34. The van der Waals surface area contributed by atoms with Crippen molar-refractivity contribution in [1.29, 1.82) is 0 Å². The number of halogens is 1. The van der Waals surface area contributed by atoms with Gasteiger partial charge in [-0.2, -0.15) is 0 Å². The van der Waals surface area contributed by atoms with Gasteiger partial charge in [0.15, 0.2) is 0 Å². The first-order chi connectivity index (χ1) is 9.74. The second-order valence-corrected chi connectivity index (χ2v) is 6.47. The fourth-order valence-corrected chi connectivity index (χ4v) is 3.51. The Bertz CT molecular complexity index is 575. The van der Waals surface area contributed by atoms with Crippen molar-refractivity contribution in [2.75, 3.05) is 6.54 Å². The van der Waals surface area contributed by atoms with Crippen molar-refractivity contribution >= 4 is 22.5 Å². The van der Waals surface area contributed by atoms with Crippen LogP contribution in [0.15, 0.2) is 30.5 Å². The molecule has 0 radical (unpaired) electrons. The van der Waals surface area contributed by atoms with Gasteiger partial charge >= 0.3 is 0 Å². The number of aromatic nitrogens is 1. The lowest BCUT2D eigenvalue weighted by Crippen LogP contribution is -2.38. The Morgan fingerprint density at radius 3 is 2.95 bits per heavy atom. The molecule has 1 fully saturated rings. The van der Waals surface area contributed by atoms with Gasteiger partial charge in [-0.05, 0) is 42.3 Å². The van der Waals surface area contributed by atoms with Gasteiger partial charge in [-0.15, -0.1) is 0 Å². The number of hydrogen-bond acceptors (Lipinski definition) is 1. The van der Waals surface area contributed by atoms with E-state index in [9.17, 15) is 0 Å². The lowest BCUT2D eigenvalue weighted by Gasteiger charge is -2.29. The lowest BCUT2D eigenvalue weighted by atomic mass is 9.86. The number of benzene rings is 1. The molecule has 3 heteroatoms. The molecule has 2 aromatic rings. The first-order valence-electron chi connectivity index (χ1n) is 7.72. The third-order valence-electron chi connectivity index (χ3n) is 4.61. The predicted octanol–water partition coefficient (Wildman–Crippen LogP) is 4.46. The van der Waals surface area contributed by atoms with E-state index in [0.29, 0.717) is 6.04 Å². The molecule has 1 aromatic carbocycles. The zero-order valence-corrected chi connectivity index (χ0v) is 12.9. The highest BCUT2D eigenvalue weighted by Gasteiger charge is 2.20. The summed E-state index contributed by atoms with van der Waals surface area (Å²) in [6, 6.07) is 8.96. The van der Waals surface area contributed by atoms with Crippen LogP contribution in [0.1, 0.15) is 32.6 Å². The van der Waals surface area contributed by atoms with Crippen molar-refractivity contribution in [3.8, 4) is 0 Å². The Morgan fingerprint density at radius 1 is 1.25 bits per heavy atom. The van der Waals surface area contributed by atoms with Gasteiger partial charge in [-0.1, -0.05) is 37.4 Å². The Balaban J connectivity index is 1.61. The summed E-state index contributed by atoms with van der Waals surface area (Å²) >= 11 is 6.09. The monoisotopic (exact) mass is 290 g/mol. The van der Waals surface area contributed by atoms with Gasteiger partial charge in [0, 0.05) is 35.9 Å². The van der Waals surface area contributed by atoms with Gasteiger partial charge in [0.2, 0.25) is 0 Å². The standard InChI is InChI=1S/C17H23ClN2/c1-13-4-2-3-5-16(13)19-9-11-20-10-8-14-6-7-15(18)12-17(14)20/h6-8,10,12-13,16,19H,2-5,9,11H2,1H3. The molecule has 1 saturated carbocycles. The third-order valence-corrected chi connectivity index (χ3v) is 4.84. The molecule has 1 aliphatic rings. The summed E-state index contributed by atoms with van der Waals surface area (Å²) in [4.78, 5) is 0. The van der Waals surface area contributed by atoms with E-state index < -0.39 is 0 Å². The summed E-state index contributed by atoms with van der Waals surface area (Å²) in [5, 5.41) is 5.81. The SMILES string of the molecule is CC1CCCCC1NCCn1ccc2ccc(Cl)cc21. The summed E-state index contributed by atoms with van der Waals surface area (Å²) in [5.41, 5.74) is 1.23. The topological polar surface area (TPSA) is 17.0 Å². The highest BCUT2D eigenvalue weighted by atomic mass is 35.5. The van der Waals surface area contributed by atoms with Crippen LogP contribution >= 0.6 is 11.6 Å². The maximum absolute atomic E-state index is 6.09. The van der Waals surface area contributed by atoms with Crippen molar-refractivity contribution in [2.24, 2.45) is 5.92 Å². The number of hydrogen-bond donors (Lipinski definition) is 1. The van der Waals surface area contributed by atoms with Crippen molar-refractivity contribution < 1.29 is 0 Å². The van der Waals surface area contributed by atoms with Gasteiger partial charge in [0.1, 0.15) is 0 Å². The number of nitrogens with one attached hydrogen (secondary N) is 1. The number of rotatable bonds is 4. The molecule has 1 aromatic heterocycles. The van der Waals surface area contributed by atoms with Crippen LogP contribution in [-0.2, 0) is 6.54 Å². The molecule has 0 aliphatic heterocycles. The number of fused-ring (bicyclic) bond motifs is 1. The molecule has 1 N–H and O–H groups in total. The second-order valence-electron chi connectivity index (χ2n) is 6.03. The summed E-state index contributed by atoms with van der Waals surface area (Å²) in [6.45, 7) is 4.42. The van der Waals surface area contributed by atoms with Crippen molar-refractivity contribution in [3.05, 3.63) is 35.5 Å². The third kappa shape index (κ3) is 3.02. The molecule has 2 atom stereocenters. The molecular formula is C17H23ClN2. The predicted molar refractivity (Wildman–Crippen MR) is 86.4 cm³/mol. The van der Waals surface area contributed by atoms with Crippen LogP contribution in [0.5, 0.6) is 0 Å². The van der Waals surface area contributed by atoms with Gasteiger partial charge in [-0.3, -0.25) is 0 Å². The summed E-state index contributed by atoms with van der Waals surface area (Å²) in [6.07, 6.45) is 7.65. The van der Waals surface area contributed by atoms with E-state index in [0.717, 1.165) is 24.0 Å². The van der Waals surface area contributed by atoms with Gasteiger partial charge in [-0.25, -0.2) is 0 Å². The maximum atomic E-state index is 6.09. The summed E-state index contributed by atoms with van der Waals surface area (Å²) < 4.78 is 2.29. The lowest BCUT2D eigenvalue weighted by molar-refractivity contribution is 0.279. The molecule has 1 heterocycles. The highest BCUT2D eigenvalue weighted by molar-refractivity contribution is 6.31. The highest BCUT2D eigenvalue weighted by Crippen LogP contribution is 2.24. The van der Waals surface area contributed by atoms with Gasteiger partial charge in [0.25, 0.3) is 0 Å². The van der Waals surface area contributed by atoms with E-state index in [2.05, 4.69) is 41.2 Å². The first-order valence-corrected chi connectivity index (χ1v) is 8.09. The summed E-state index contributed by atoms with van der Waals surface area (Å²) in [7, 11) is 0. The Kier molecular flexibility index (Phi) is 4.32. The van der Waals surface area contributed by atoms with E-state index in [-0.39, 0.29) is 0 Å². The molecule has 2 nitrogen and oxygen atoms in total. The van der Waals surface area contributed by atoms with Crippen LogP contribution in [0.25, 0.3) is 10.9 Å². The minimum atomic E-state index is 0.703. The fraction of sp³-hybridized carbons (Fsp3) is 0.529. The molecule has 20 heavy (non-hydrogen) atoms. The minimum absolute atomic E-state index is 0.703. The van der Waals surface area contributed by atoms with Crippen molar-refractivity contribution in [1.82, 2.24) is 9.88 Å². The zero-order valence-electron chi connectivity index (χ0n) is 12.1. The smallest absolute Gasteiger partial charge is 0.0495 e. The second kappa shape index (κ2) is 6.19. The maximum Gasteiger partial charge on any atom is 0.0495 e. The molecule has 3 rings (SSSR count). The quantitative estimate of drug-likeness (QED) is 0.879. The van der Waals surface area contributed by atoms with Crippen LogP contribution in [0.4, 0.5) is 0 Å². The Labute approximate surface area is 126 Å². The van der Waals surface area contributed by atoms with Crippen molar-refractivity contribution in [2.45, 2.75) is 45.2 Å². The van der Waals surface area contributed by atoms with Crippen LogP contribution in [0, 0.1) is 5.92 Å². The Hall–Kier alpha value is -0.990. The van der Waals surface area contributed by atoms with E-state index in [1.54, 1.807) is 0 Å². The molecular weight excluding hydrogens is 268 g/mol. The average molecular weight is 291 g/mol. The van der Waals surface area contributed by atoms with E-state index in [1.807, 2.05) is 6.07 Å². The van der Waals surface area contributed by atoms with E-state index in [1.165, 1.54) is 36.6 Å². The molecule has 0 saturated heterocycles. The van der Waals surface area contributed by atoms with Crippen LogP contribution in [0.2, 0.25) is 5.02 Å². The van der Waals surface area contributed by atoms with Gasteiger partial charge in [0.05, 0.1) is 0 Å². The number of nitrogens with zero attached hydrogens (tertiary/aromatic N) is 1. The van der Waals surface area contributed by atoms with Crippen molar-refractivity contribution in [3.63, 3.8) is 0 Å². The molecule has 2 unspecified atom stereocenters. The minimum Gasteiger partial charge on any atom is -0.346 e. The average Bonchev–Trinajstić information content (AvgIpc) is 2.83. The normalized spacial score (nSPS) is 23.3. The molecule has 108 valence electrons.